The fraction of sp³-hybridized carbons (Fsp3) is 0.286. The van der Waals surface area contributed by atoms with Gasteiger partial charge in [0.25, 0.3) is 0 Å². The number of allylic oxidation sites excluding steroid dienone is 3. The monoisotopic (exact) mass is 212 g/mol. The van der Waals surface area contributed by atoms with Gasteiger partial charge in [0.1, 0.15) is 0 Å². The maximum Gasteiger partial charge on any atom is 0.0316 e. The van der Waals surface area contributed by atoms with Crippen molar-refractivity contribution in [2.24, 2.45) is 11.7 Å². The van der Waals surface area contributed by atoms with Crippen LogP contribution < -0.4 is 11.5 Å². The molecule has 16 heavy (non-hydrogen) atoms. The highest BCUT2D eigenvalue weighted by atomic mass is 14.6. The van der Waals surface area contributed by atoms with Gasteiger partial charge in [-0.15, -0.1) is 0 Å². The summed E-state index contributed by atoms with van der Waals surface area (Å²) in [6, 6.07) is 6.25. The van der Waals surface area contributed by atoms with Gasteiger partial charge in [0.2, 0.25) is 0 Å². The normalized spacial score (nSPS) is 22.9. The standard InChI is InChI=1S/C14H16N2/c15-13-3-1-9-5-10-2-4-14(16)8-12(10)6-11(9)7-13/h1-3,7-8,12H,4-6,15-16H2. The lowest BCUT2D eigenvalue weighted by molar-refractivity contribution is 0.666. The summed E-state index contributed by atoms with van der Waals surface area (Å²) >= 11 is 0. The van der Waals surface area contributed by atoms with Gasteiger partial charge in [-0.2, -0.15) is 0 Å². The first-order valence-electron chi connectivity index (χ1n) is 5.75. The second-order valence-corrected chi connectivity index (χ2v) is 4.74. The predicted molar refractivity (Wildman–Crippen MR) is 66.7 cm³/mol. The minimum absolute atomic E-state index is 0.503. The SMILES string of the molecule is NC1=CC2Cc3cc(N)ccc3CC2=CC1. The summed E-state index contributed by atoms with van der Waals surface area (Å²) in [7, 11) is 0. The van der Waals surface area contributed by atoms with Crippen LogP contribution in [0.4, 0.5) is 5.69 Å². The van der Waals surface area contributed by atoms with E-state index in [1.165, 1.54) is 16.7 Å². The molecule has 0 aliphatic heterocycles. The van der Waals surface area contributed by atoms with E-state index in [-0.39, 0.29) is 0 Å². The Balaban J connectivity index is 2.01. The summed E-state index contributed by atoms with van der Waals surface area (Å²) in [4.78, 5) is 0. The Hall–Kier alpha value is -1.70. The Labute approximate surface area is 95.6 Å². The Kier molecular flexibility index (Phi) is 2.03. The molecule has 1 unspecified atom stereocenters. The predicted octanol–water partition coefficient (Wildman–Crippen LogP) is 2.16. The van der Waals surface area contributed by atoms with Crippen molar-refractivity contribution < 1.29 is 0 Å². The van der Waals surface area contributed by atoms with Crippen molar-refractivity contribution in [3.05, 3.63) is 52.7 Å². The average molecular weight is 212 g/mol. The first kappa shape index (κ1) is 9.52. The number of anilines is 1. The summed E-state index contributed by atoms with van der Waals surface area (Å²) in [5, 5.41) is 0. The summed E-state index contributed by atoms with van der Waals surface area (Å²) in [6.45, 7) is 0. The summed E-state index contributed by atoms with van der Waals surface area (Å²) in [5.41, 5.74) is 17.9. The van der Waals surface area contributed by atoms with Crippen LogP contribution in [0.5, 0.6) is 0 Å². The molecule has 0 bridgehead atoms. The number of hydrogen-bond donors (Lipinski definition) is 2. The van der Waals surface area contributed by atoms with Crippen molar-refractivity contribution >= 4 is 5.69 Å². The molecule has 0 radical (unpaired) electrons. The van der Waals surface area contributed by atoms with Gasteiger partial charge >= 0.3 is 0 Å². The second kappa shape index (κ2) is 3.41. The van der Waals surface area contributed by atoms with E-state index >= 15 is 0 Å². The lowest BCUT2D eigenvalue weighted by Crippen LogP contribution is -2.20. The van der Waals surface area contributed by atoms with Gasteiger partial charge in [-0.3, -0.25) is 0 Å². The van der Waals surface area contributed by atoms with E-state index in [0.717, 1.165) is 30.6 Å². The molecule has 4 N–H and O–H groups in total. The number of rotatable bonds is 0. The number of fused-ring (bicyclic) bond motifs is 2. The summed E-state index contributed by atoms with van der Waals surface area (Å²) < 4.78 is 0. The molecule has 0 aromatic heterocycles. The van der Waals surface area contributed by atoms with E-state index < -0.39 is 0 Å². The van der Waals surface area contributed by atoms with Crippen LogP contribution >= 0.6 is 0 Å². The van der Waals surface area contributed by atoms with E-state index in [1.807, 2.05) is 6.07 Å². The zero-order chi connectivity index (χ0) is 11.1. The largest absolute Gasteiger partial charge is 0.402 e. The van der Waals surface area contributed by atoms with Gasteiger partial charge in [0.05, 0.1) is 0 Å². The molecule has 0 spiro atoms. The Morgan fingerprint density at radius 3 is 2.88 bits per heavy atom. The molecule has 2 heteroatoms. The molecule has 82 valence electrons. The first-order valence-corrected chi connectivity index (χ1v) is 5.75. The minimum Gasteiger partial charge on any atom is -0.402 e. The van der Waals surface area contributed by atoms with Gasteiger partial charge in [-0.1, -0.05) is 23.8 Å². The van der Waals surface area contributed by atoms with Crippen molar-refractivity contribution in [2.75, 3.05) is 5.73 Å². The van der Waals surface area contributed by atoms with Crippen molar-refractivity contribution in [1.82, 2.24) is 0 Å². The Morgan fingerprint density at radius 1 is 1.12 bits per heavy atom. The highest BCUT2D eigenvalue weighted by molar-refractivity contribution is 5.49. The average Bonchev–Trinajstić information content (AvgIpc) is 2.26. The molecule has 0 fully saturated rings. The van der Waals surface area contributed by atoms with Crippen LogP contribution in [0.3, 0.4) is 0 Å². The lowest BCUT2D eigenvalue weighted by Gasteiger charge is -2.28. The van der Waals surface area contributed by atoms with E-state index in [2.05, 4.69) is 24.3 Å². The van der Waals surface area contributed by atoms with Crippen LogP contribution in [-0.2, 0) is 12.8 Å². The second-order valence-electron chi connectivity index (χ2n) is 4.74. The maximum atomic E-state index is 5.88. The van der Waals surface area contributed by atoms with Gasteiger partial charge in [0.15, 0.2) is 0 Å². The zero-order valence-corrected chi connectivity index (χ0v) is 9.24. The number of nitrogens with two attached hydrogens (primary N) is 2. The fourth-order valence-corrected chi connectivity index (χ4v) is 2.69. The lowest BCUT2D eigenvalue weighted by atomic mass is 9.77. The molecule has 0 saturated heterocycles. The van der Waals surface area contributed by atoms with Crippen LogP contribution in [0.25, 0.3) is 0 Å². The molecule has 2 aliphatic rings. The Bertz CT molecular complexity index is 497. The molecule has 0 saturated carbocycles. The highest BCUT2D eigenvalue weighted by Gasteiger charge is 2.23. The van der Waals surface area contributed by atoms with Crippen molar-refractivity contribution in [3.8, 4) is 0 Å². The quantitative estimate of drug-likeness (QED) is 0.511. The summed E-state index contributed by atoms with van der Waals surface area (Å²) in [5.74, 6) is 0.503. The number of nitrogen functional groups attached to an aromatic ring is 1. The number of benzene rings is 1. The molecule has 2 aliphatic carbocycles. The van der Waals surface area contributed by atoms with Crippen molar-refractivity contribution in [1.29, 1.82) is 0 Å². The molecule has 0 amide bonds. The molecule has 1 atom stereocenters. The van der Waals surface area contributed by atoms with Gasteiger partial charge in [-0.25, -0.2) is 0 Å². The van der Waals surface area contributed by atoms with Gasteiger partial charge in [-0.05, 0) is 36.1 Å². The smallest absolute Gasteiger partial charge is 0.0316 e. The molecule has 0 heterocycles. The topological polar surface area (TPSA) is 52.0 Å². The van der Waals surface area contributed by atoms with E-state index in [9.17, 15) is 0 Å². The molecule has 1 aromatic carbocycles. The first-order chi connectivity index (χ1) is 7.72. The minimum atomic E-state index is 0.503. The van der Waals surface area contributed by atoms with Crippen LogP contribution in [-0.4, -0.2) is 0 Å². The third-order valence-corrected chi connectivity index (χ3v) is 3.56. The third-order valence-electron chi connectivity index (χ3n) is 3.56. The van der Waals surface area contributed by atoms with E-state index in [1.54, 1.807) is 0 Å². The molecular weight excluding hydrogens is 196 g/mol. The molecule has 1 aromatic rings. The highest BCUT2D eigenvalue weighted by Crippen LogP contribution is 2.34. The van der Waals surface area contributed by atoms with Crippen molar-refractivity contribution in [2.45, 2.75) is 19.3 Å². The zero-order valence-electron chi connectivity index (χ0n) is 9.24. The summed E-state index contributed by atoms with van der Waals surface area (Å²) in [6.07, 6.45) is 7.52. The fourth-order valence-electron chi connectivity index (χ4n) is 2.69. The Morgan fingerprint density at radius 2 is 2.00 bits per heavy atom. The van der Waals surface area contributed by atoms with E-state index in [4.69, 9.17) is 11.5 Å². The van der Waals surface area contributed by atoms with Crippen LogP contribution in [0.2, 0.25) is 0 Å². The van der Waals surface area contributed by atoms with Gasteiger partial charge < -0.3 is 11.5 Å². The molecule has 2 nitrogen and oxygen atoms in total. The van der Waals surface area contributed by atoms with Crippen molar-refractivity contribution in [3.63, 3.8) is 0 Å². The molecular formula is C14H16N2. The maximum absolute atomic E-state index is 5.88. The third kappa shape index (κ3) is 1.51. The molecule has 3 rings (SSSR count). The van der Waals surface area contributed by atoms with Gasteiger partial charge in [0, 0.05) is 23.7 Å². The van der Waals surface area contributed by atoms with E-state index in [0.29, 0.717) is 5.92 Å². The van der Waals surface area contributed by atoms with Crippen LogP contribution in [0.1, 0.15) is 17.5 Å². The van der Waals surface area contributed by atoms with Crippen LogP contribution in [0.15, 0.2) is 41.6 Å². The van der Waals surface area contributed by atoms with Crippen LogP contribution in [0, 0.1) is 5.92 Å². The number of hydrogen-bond acceptors (Lipinski definition) is 2.